The number of hydrogen-bond acceptors (Lipinski definition) is 2. The number of halogens is 1. The van der Waals surface area contributed by atoms with Gasteiger partial charge in [-0.25, -0.2) is 0 Å². The second-order valence-corrected chi connectivity index (χ2v) is 5.96. The zero-order valence-corrected chi connectivity index (χ0v) is 12.1. The first-order valence-electron chi connectivity index (χ1n) is 6.68. The number of aliphatic carboxylic acids is 1. The van der Waals surface area contributed by atoms with E-state index < -0.39 is 5.97 Å². The lowest BCUT2D eigenvalue weighted by Crippen LogP contribution is -2.54. The Morgan fingerprint density at radius 1 is 1.37 bits per heavy atom. The van der Waals surface area contributed by atoms with Crippen molar-refractivity contribution in [2.75, 3.05) is 13.1 Å². The summed E-state index contributed by atoms with van der Waals surface area (Å²) < 4.78 is 0. The quantitative estimate of drug-likeness (QED) is 0.902. The Kier molecular flexibility index (Phi) is 4.48. The topological polar surface area (TPSA) is 40.5 Å². The van der Waals surface area contributed by atoms with Gasteiger partial charge in [-0.05, 0) is 37.0 Å². The summed E-state index contributed by atoms with van der Waals surface area (Å²) in [6.07, 6.45) is 0.978. The first-order valence-corrected chi connectivity index (χ1v) is 7.06. The Morgan fingerprint density at radius 3 is 2.47 bits per heavy atom. The van der Waals surface area contributed by atoms with Crippen molar-refractivity contribution in [2.24, 2.45) is 11.8 Å². The van der Waals surface area contributed by atoms with Crippen LogP contribution in [0.15, 0.2) is 24.3 Å². The van der Waals surface area contributed by atoms with Crippen LogP contribution in [-0.2, 0) is 11.2 Å². The molecular formula is C15H20ClNO2. The summed E-state index contributed by atoms with van der Waals surface area (Å²) >= 11 is 5.87. The maximum atomic E-state index is 10.9. The Labute approximate surface area is 119 Å². The summed E-state index contributed by atoms with van der Waals surface area (Å²) in [7, 11) is 0. The highest BCUT2D eigenvalue weighted by Gasteiger charge is 2.36. The van der Waals surface area contributed by atoms with E-state index in [-0.39, 0.29) is 5.92 Å². The molecule has 0 spiro atoms. The lowest BCUT2D eigenvalue weighted by molar-refractivity contribution is -0.145. The summed E-state index contributed by atoms with van der Waals surface area (Å²) in [4.78, 5) is 13.2. The minimum Gasteiger partial charge on any atom is -0.481 e. The van der Waals surface area contributed by atoms with Crippen molar-refractivity contribution in [3.8, 4) is 0 Å². The predicted molar refractivity (Wildman–Crippen MR) is 76.5 cm³/mol. The molecule has 104 valence electrons. The molecule has 1 heterocycles. The maximum Gasteiger partial charge on any atom is 0.306 e. The molecule has 3 nitrogen and oxygen atoms in total. The number of rotatable bonds is 5. The zero-order chi connectivity index (χ0) is 14.0. The standard InChI is InChI=1S/C15H20ClNO2/c1-10(7-12-3-5-14(16)6-4-12)17-8-13(9-17)11(2)15(18)19/h3-6,10-11,13H,7-9H2,1-2H3,(H,18,19). The van der Waals surface area contributed by atoms with Crippen LogP contribution in [-0.4, -0.2) is 35.1 Å². The molecule has 1 aromatic rings. The molecular weight excluding hydrogens is 262 g/mol. The molecule has 1 saturated heterocycles. The fraction of sp³-hybridized carbons (Fsp3) is 0.533. The number of benzene rings is 1. The van der Waals surface area contributed by atoms with Gasteiger partial charge in [0.05, 0.1) is 5.92 Å². The molecule has 2 unspecified atom stereocenters. The van der Waals surface area contributed by atoms with E-state index in [0.29, 0.717) is 12.0 Å². The third-order valence-corrected chi connectivity index (χ3v) is 4.35. The van der Waals surface area contributed by atoms with Crippen molar-refractivity contribution in [3.05, 3.63) is 34.9 Å². The lowest BCUT2D eigenvalue weighted by atomic mass is 9.85. The summed E-state index contributed by atoms with van der Waals surface area (Å²) in [6, 6.07) is 8.37. The Hall–Kier alpha value is -1.06. The Bertz CT molecular complexity index is 440. The van der Waals surface area contributed by atoms with E-state index in [1.807, 2.05) is 12.1 Å². The van der Waals surface area contributed by atoms with E-state index in [1.165, 1.54) is 5.56 Å². The number of carbonyl (C=O) groups is 1. The molecule has 1 aromatic carbocycles. The highest BCUT2D eigenvalue weighted by atomic mass is 35.5. The fourth-order valence-corrected chi connectivity index (χ4v) is 2.64. The van der Waals surface area contributed by atoms with Crippen LogP contribution in [0.25, 0.3) is 0 Å². The van der Waals surface area contributed by atoms with Gasteiger partial charge in [0.2, 0.25) is 0 Å². The molecule has 4 heteroatoms. The van der Waals surface area contributed by atoms with Gasteiger partial charge in [-0.2, -0.15) is 0 Å². The number of carboxylic acids is 1. The summed E-state index contributed by atoms with van der Waals surface area (Å²) in [5.74, 6) is -0.626. The van der Waals surface area contributed by atoms with Crippen molar-refractivity contribution < 1.29 is 9.90 Å². The molecule has 0 amide bonds. The summed E-state index contributed by atoms with van der Waals surface area (Å²) in [5, 5.41) is 9.73. The minimum absolute atomic E-state index is 0.237. The first kappa shape index (κ1) is 14.4. The Balaban J connectivity index is 1.81. The molecule has 0 aliphatic carbocycles. The van der Waals surface area contributed by atoms with Gasteiger partial charge >= 0.3 is 5.97 Å². The van der Waals surface area contributed by atoms with E-state index in [4.69, 9.17) is 16.7 Å². The summed E-state index contributed by atoms with van der Waals surface area (Å²) in [6.45, 7) is 5.77. The van der Waals surface area contributed by atoms with E-state index in [9.17, 15) is 4.79 Å². The molecule has 0 aromatic heterocycles. The first-order chi connectivity index (χ1) is 8.97. The molecule has 1 aliphatic rings. The molecule has 0 radical (unpaired) electrons. The summed E-state index contributed by atoms with van der Waals surface area (Å²) in [5.41, 5.74) is 1.27. The number of hydrogen-bond donors (Lipinski definition) is 1. The average molecular weight is 282 g/mol. The molecule has 2 rings (SSSR count). The normalized spacial score (nSPS) is 19.7. The van der Waals surface area contributed by atoms with Gasteiger partial charge in [-0.15, -0.1) is 0 Å². The number of nitrogens with zero attached hydrogens (tertiary/aromatic N) is 1. The fourth-order valence-electron chi connectivity index (χ4n) is 2.52. The Morgan fingerprint density at radius 2 is 1.95 bits per heavy atom. The van der Waals surface area contributed by atoms with Gasteiger partial charge in [-0.1, -0.05) is 30.7 Å². The molecule has 1 aliphatic heterocycles. The average Bonchev–Trinajstić information content (AvgIpc) is 2.30. The van der Waals surface area contributed by atoms with Crippen LogP contribution in [0, 0.1) is 11.8 Å². The lowest BCUT2D eigenvalue weighted by Gasteiger charge is -2.45. The van der Waals surface area contributed by atoms with Crippen LogP contribution in [0.3, 0.4) is 0 Å². The van der Waals surface area contributed by atoms with Crippen LogP contribution in [0.5, 0.6) is 0 Å². The SMILES string of the molecule is CC(C(=O)O)C1CN(C(C)Cc2ccc(Cl)cc2)C1. The van der Waals surface area contributed by atoms with Gasteiger partial charge in [0.1, 0.15) is 0 Å². The molecule has 0 saturated carbocycles. The third kappa shape index (κ3) is 3.48. The smallest absolute Gasteiger partial charge is 0.306 e. The molecule has 2 atom stereocenters. The van der Waals surface area contributed by atoms with E-state index in [0.717, 1.165) is 24.5 Å². The monoisotopic (exact) mass is 281 g/mol. The van der Waals surface area contributed by atoms with Gasteiger partial charge in [-0.3, -0.25) is 9.69 Å². The van der Waals surface area contributed by atoms with Crippen LogP contribution >= 0.6 is 11.6 Å². The second-order valence-electron chi connectivity index (χ2n) is 5.52. The predicted octanol–water partition coefficient (Wildman–Crippen LogP) is 2.92. The number of carboxylic acid groups (broad SMARTS) is 1. The van der Waals surface area contributed by atoms with Crippen LogP contribution < -0.4 is 0 Å². The minimum atomic E-state index is -0.685. The van der Waals surface area contributed by atoms with Crippen molar-refractivity contribution >= 4 is 17.6 Å². The van der Waals surface area contributed by atoms with Gasteiger partial charge < -0.3 is 5.11 Å². The van der Waals surface area contributed by atoms with Gasteiger partial charge in [0.25, 0.3) is 0 Å². The molecule has 1 N–H and O–H groups in total. The molecule has 1 fully saturated rings. The third-order valence-electron chi connectivity index (χ3n) is 4.10. The zero-order valence-electron chi connectivity index (χ0n) is 11.3. The van der Waals surface area contributed by atoms with Crippen molar-refractivity contribution in [3.63, 3.8) is 0 Å². The second kappa shape index (κ2) is 5.93. The van der Waals surface area contributed by atoms with Crippen molar-refractivity contribution in [2.45, 2.75) is 26.3 Å². The van der Waals surface area contributed by atoms with Crippen molar-refractivity contribution in [1.29, 1.82) is 0 Å². The van der Waals surface area contributed by atoms with E-state index in [1.54, 1.807) is 6.92 Å². The van der Waals surface area contributed by atoms with Crippen LogP contribution in [0.1, 0.15) is 19.4 Å². The van der Waals surface area contributed by atoms with Crippen LogP contribution in [0.4, 0.5) is 0 Å². The van der Waals surface area contributed by atoms with Gasteiger partial charge in [0, 0.05) is 24.2 Å². The van der Waals surface area contributed by atoms with Crippen molar-refractivity contribution in [1.82, 2.24) is 4.90 Å². The molecule has 19 heavy (non-hydrogen) atoms. The van der Waals surface area contributed by atoms with E-state index in [2.05, 4.69) is 24.0 Å². The van der Waals surface area contributed by atoms with Gasteiger partial charge in [0.15, 0.2) is 0 Å². The maximum absolute atomic E-state index is 10.9. The highest BCUT2D eigenvalue weighted by Crippen LogP contribution is 2.27. The van der Waals surface area contributed by atoms with E-state index >= 15 is 0 Å². The highest BCUT2D eigenvalue weighted by molar-refractivity contribution is 6.30. The largest absolute Gasteiger partial charge is 0.481 e. The van der Waals surface area contributed by atoms with Crippen LogP contribution in [0.2, 0.25) is 5.02 Å². The number of likely N-dealkylation sites (tertiary alicyclic amines) is 1. The molecule has 0 bridgehead atoms.